The van der Waals surface area contributed by atoms with E-state index < -0.39 is 5.60 Å². The Labute approximate surface area is 212 Å². The van der Waals surface area contributed by atoms with Crippen molar-refractivity contribution >= 4 is 11.5 Å². The number of carbonyl (C=O) groups is 1. The first-order chi connectivity index (χ1) is 16.4. The van der Waals surface area contributed by atoms with Crippen molar-refractivity contribution < 1.29 is 9.90 Å². The summed E-state index contributed by atoms with van der Waals surface area (Å²) in [4.78, 5) is 12.4. The molecule has 0 aromatic heterocycles. The molecule has 3 saturated carbocycles. The van der Waals surface area contributed by atoms with Crippen LogP contribution in [-0.2, 0) is 4.79 Å². The number of fused-ring (bicyclic) bond motifs is 5. The van der Waals surface area contributed by atoms with Gasteiger partial charge in [0.25, 0.3) is 0 Å². The van der Waals surface area contributed by atoms with Gasteiger partial charge in [-0.05, 0) is 112 Å². The monoisotopic (exact) mass is 473 g/mol. The standard InChI is InChI=1S/C32H43NO2/c1-29(2,3)17-18-32(35)16-14-27-25-12-9-22-19-24(34)13-15-30(22,4)28(25)26(20-31(27,32)5)21-7-10-23(33-6)11-8-21/h7-8,10-11,19,25-28,33,35H,9,12-16,20H2,1-6H3/t25-,26+,27-,28+,30-,31-,32+/m0/s1. The number of nitrogens with one attached hydrogen (secondary N) is 1. The third-order valence-corrected chi connectivity index (χ3v) is 10.3. The molecule has 1 aromatic carbocycles. The number of anilines is 1. The number of allylic oxidation sites excluding steroid dienone is 1. The van der Waals surface area contributed by atoms with Crippen molar-refractivity contribution in [1.29, 1.82) is 0 Å². The molecule has 1 aromatic rings. The largest absolute Gasteiger partial charge is 0.388 e. The predicted molar refractivity (Wildman–Crippen MR) is 143 cm³/mol. The van der Waals surface area contributed by atoms with E-state index in [1.165, 1.54) is 11.1 Å². The van der Waals surface area contributed by atoms with Crippen molar-refractivity contribution in [2.75, 3.05) is 12.4 Å². The lowest BCUT2D eigenvalue weighted by Gasteiger charge is -2.61. The van der Waals surface area contributed by atoms with Crippen LogP contribution in [-0.4, -0.2) is 23.5 Å². The minimum absolute atomic E-state index is 0.0578. The molecule has 3 heteroatoms. The molecule has 5 rings (SSSR count). The van der Waals surface area contributed by atoms with Gasteiger partial charge in [-0.15, -0.1) is 0 Å². The van der Waals surface area contributed by atoms with E-state index in [4.69, 9.17) is 0 Å². The van der Waals surface area contributed by atoms with E-state index in [9.17, 15) is 9.90 Å². The van der Waals surface area contributed by atoms with E-state index in [-0.39, 0.29) is 16.2 Å². The van der Waals surface area contributed by atoms with E-state index >= 15 is 0 Å². The van der Waals surface area contributed by atoms with Crippen LogP contribution in [0.2, 0.25) is 0 Å². The Bertz CT molecular complexity index is 1100. The first-order valence-electron chi connectivity index (χ1n) is 13.7. The van der Waals surface area contributed by atoms with Crippen molar-refractivity contribution in [3.8, 4) is 11.8 Å². The maximum atomic E-state index is 12.4. The third kappa shape index (κ3) is 3.88. The second kappa shape index (κ2) is 8.24. The molecule has 0 amide bonds. The Morgan fingerprint density at radius 1 is 1.06 bits per heavy atom. The highest BCUT2D eigenvalue weighted by Crippen LogP contribution is 2.70. The van der Waals surface area contributed by atoms with Crippen LogP contribution < -0.4 is 5.32 Å². The molecular formula is C32H43NO2. The van der Waals surface area contributed by atoms with Gasteiger partial charge in [-0.2, -0.15) is 0 Å². The SMILES string of the molecule is CNc1ccc([C@H]2C[C@@]3(C)[C@@H](CC[C@@]3(O)C#CC(C)(C)C)[C@@H]3CCC4=CC(=O)CC[C@]4(C)[C@H]32)cc1. The molecule has 0 saturated heterocycles. The molecule has 0 bridgehead atoms. The van der Waals surface area contributed by atoms with Gasteiger partial charge >= 0.3 is 0 Å². The van der Waals surface area contributed by atoms with Crippen molar-refractivity contribution in [2.45, 2.75) is 91.1 Å². The predicted octanol–water partition coefficient (Wildman–Crippen LogP) is 6.73. The van der Waals surface area contributed by atoms with E-state index in [0.29, 0.717) is 35.9 Å². The zero-order valence-electron chi connectivity index (χ0n) is 22.5. The highest BCUT2D eigenvalue weighted by Gasteiger charge is 2.66. The molecule has 0 radical (unpaired) electrons. The number of benzene rings is 1. The molecule has 35 heavy (non-hydrogen) atoms. The van der Waals surface area contributed by atoms with Gasteiger partial charge in [0, 0.05) is 30.0 Å². The molecule has 0 heterocycles. The summed E-state index contributed by atoms with van der Waals surface area (Å²) in [5, 5.41) is 15.4. The molecule has 0 unspecified atom stereocenters. The summed E-state index contributed by atoms with van der Waals surface area (Å²) < 4.78 is 0. The number of aliphatic hydroxyl groups is 1. The molecule has 4 aliphatic carbocycles. The highest BCUT2D eigenvalue weighted by molar-refractivity contribution is 5.91. The van der Waals surface area contributed by atoms with Crippen LogP contribution in [0.3, 0.4) is 0 Å². The minimum Gasteiger partial charge on any atom is -0.388 e. The number of hydrogen-bond acceptors (Lipinski definition) is 3. The average molecular weight is 474 g/mol. The van der Waals surface area contributed by atoms with Crippen LogP contribution >= 0.6 is 0 Å². The fourth-order valence-corrected chi connectivity index (χ4v) is 8.47. The Balaban J connectivity index is 1.63. The lowest BCUT2D eigenvalue weighted by atomic mass is 9.43. The van der Waals surface area contributed by atoms with E-state index in [1.807, 2.05) is 13.1 Å². The lowest BCUT2D eigenvalue weighted by Crippen LogP contribution is -2.57. The summed E-state index contributed by atoms with van der Waals surface area (Å²) in [7, 11) is 1.96. The van der Waals surface area contributed by atoms with Gasteiger partial charge in [0.05, 0.1) is 0 Å². The smallest absolute Gasteiger partial charge is 0.155 e. The first-order valence-corrected chi connectivity index (χ1v) is 13.7. The molecule has 188 valence electrons. The lowest BCUT2D eigenvalue weighted by molar-refractivity contribution is -0.122. The number of rotatable bonds is 2. The van der Waals surface area contributed by atoms with Crippen LogP contribution in [0, 0.1) is 45.8 Å². The Morgan fingerprint density at radius 3 is 2.43 bits per heavy atom. The van der Waals surface area contributed by atoms with E-state index in [0.717, 1.165) is 44.2 Å². The van der Waals surface area contributed by atoms with Crippen LogP contribution in [0.15, 0.2) is 35.9 Å². The maximum absolute atomic E-state index is 12.4. The minimum atomic E-state index is -0.946. The van der Waals surface area contributed by atoms with Gasteiger partial charge in [-0.25, -0.2) is 0 Å². The Kier molecular flexibility index (Phi) is 5.80. The summed E-state index contributed by atoms with van der Waals surface area (Å²) in [5.74, 6) is 8.99. The summed E-state index contributed by atoms with van der Waals surface area (Å²) in [6.07, 6.45) is 8.52. The van der Waals surface area contributed by atoms with Crippen molar-refractivity contribution in [3.63, 3.8) is 0 Å². The molecule has 0 spiro atoms. The Morgan fingerprint density at radius 2 is 1.77 bits per heavy atom. The fraction of sp³-hybridized carbons (Fsp3) is 0.656. The molecule has 3 fully saturated rings. The van der Waals surface area contributed by atoms with Crippen molar-refractivity contribution in [3.05, 3.63) is 41.5 Å². The third-order valence-electron chi connectivity index (χ3n) is 10.3. The van der Waals surface area contributed by atoms with E-state index in [1.54, 1.807) is 0 Å². The summed E-state index contributed by atoms with van der Waals surface area (Å²) >= 11 is 0. The fourth-order valence-electron chi connectivity index (χ4n) is 8.47. The van der Waals surface area contributed by atoms with Crippen LogP contribution in [0.5, 0.6) is 0 Å². The van der Waals surface area contributed by atoms with Crippen molar-refractivity contribution in [1.82, 2.24) is 0 Å². The number of hydrogen-bond donors (Lipinski definition) is 2. The molecule has 3 nitrogen and oxygen atoms in total. The molecule has 0 aliphatic heterocycles. The Hall–Kier alpha value is -2.05. The highest BCUT2D eigenvalue weighted by atomic mass is 16.3. The molecule has 4 aliphatic rings. The maximum Gasteiger partial charge on any atom is 0.155 e. The quantitative estimate of drug-likeness (QED) is 0.468. The van der Waals surface area contributed by atoms with Gasteiger partial charge in [0.2, 0.25) is 0 Å². The molecule has 7 atom stereocenters. The summed E-state index contributed by atoms with van der Waals surface area (Å²) in [6.45, 7) is 11.2. The van der Waals surface area contributed by atoms with Gasteiger partial charge in [-0.3, -0.25) is 4.79 Å². The van der Waals surface area contributed by atoms with Gasteiger partial charge in [-0.1, -0.05) is 43.4 Å². The van der Waals surface area contributed by atoms with Gasteiger partial charge in [0.1, 0.15) is 5.60 Å². The average Bonchev–Trinajstić information content (AvgIpc) is 3.08. The summed E-state index contributed by atoms with van der Waals surface area (Å²) in [5.41, 5.74) is 2.63. The molecule has 2 N–H and O–H groups in total. The van der Waals surface area contributed by atoms with Crippen LogP contribution in [0.1, 0.15) is 91.0 Å². The second-order valence-electron chi connectivity index (χ2n) is 13.4. The number of ketones is 1. The first kappa shape index (κ1) is 24.6. The zero-order valence-corrected chi connectivity index (χ0v) is 22.5. The number of carbonyl (C=O) groups excluding carboxylic acids is 1. The van der Waals surface area contributed by atoms with Crippen molar-refractivity contribution in [2.24, 2.45) is 34.0 Å². The second-order valence-corrected chi connectivity index (χ2v) is 13.4. The van der Waals surface area contributed by atoms with Crippen LogP contribution in [0.25, 0.3) is 0 Å². The normalized spacial score (nSPS) is 40.5. The summed E-state index contributed by atoms with van der Waals surface area (Å²) in [6, 6.07) is 8.96. The zero-order chi connectivity index (χ0) is 25.2. The topological polar surface area (TPSA) is 49.3 Å². The van der Waals surface area contributed by atoms with Gasteiger partial charge < -0.3 is 10.4 Å². The van der Waals surface area contributed by atoms with Gasteiger partial charge in [0.15, 0.2) is 5.78 Å². The van der Waals surface area contributed by atoms with E-state index in [2.05, 4.69) is 76.0 Å². The van der Waals surface area contributed by atoms with Crippen LogP contribution in [0.4, 0.5) is 5.69 Å². The molecular weight excluding hydrogens is 430 g/mol.